The lowest BCUT2D eigenvalue weighted by atomic mass is 10.2. The molecule has 0 spiro atoms. The molecule has 1 unspecified atom stereocenters. The first-order chi connectivity index (χ1) is 6.25. The smallest absolute Gasteiger partial charge is 0.250 e. The van der Waals surface area contributed by atoms with E-state index in [0.717, 1.165) is 11.1 Å². The Morgan fingerprint density at radius 3 is 3.00 bits per heavy atom. The summed E-state index contributed by atoms with van der Waals surface area (Å²) in [5, 5.41) is 0. The van der Waals surface area contributed by atoms with E-state index < -0.39 is 5.91 Å². The van der Waals surface area contributed by atoms with Gasteiger partial charge in [-0.25, -0.2) is 0 Å². The van der Waals surface area contributed by atoms with Crippen molar-refractivity contribution in [3.63, 3.8) is 0 Å². The highest BCUT2D eigenvalue weighted by molar-refractivity contribution is 5.97. The number of hydrogen-bond donors (Lipinski definition) is 1. The van der Waals surface area contributed by atoms with E-state index in [1.54, 1.807) is 13.1 Å². The van der Waals surface area contributed by atoms with Crippen LogP contribution in [0.2, 0.25) is 0 Å². The van der Waals surface area contributed by atoms with Gasteiger partial charge in [0.1, 0.15) is 0 Å². The Morgan fingerprint density at radius 1 is 1.62 bits per heavy atom. The van der Waals surface area contributed by atoms with Crippen LogP contribution in [0.15, 0.2) is 12.4 Å². The van der Waals surface area contributed by atoms with E-state index >= 15 is 0 Å². The minimum atomic E-state index is -0.426. The molecular formula is C10H8N2O. The molecule has 1 heterocycles. The van der Waals surface area contributed by atoms with Gasteiger partial charge in [0, 0.05) is 12.4 Å². The third-order valence-corrected chi connectivity index (χ3v) is 2.09. The summed E-state index contributed by atoms with van der Waals surface area (Å²) in [6.07, 6.45) is 3.23. The number of hydrogen-bond acceptors (Lipinski definition) is 2. The van der Waals surface area contributed by atoms with E-state index in [9.17, 15) is 4.79 Å². The van der Waals surface area contributed by atoms with E-state index in [-0.39, 0.29) is 5.92 Å². The molecule has 0 saturated carbocycles. The molecule has 1 aliphatic rings. The third kappa shape index (κ3) is 1.07. The molecule has 3 nitrogen and oxygen atoms in total. The van der Waals surface area contributed by atoms with Crippen LogP contribution in [-0.2, 0) is 0 Å². The second kappa shape index (κ2) is 2.60. The number of aromatic nitrogens is 1. The summed E-state index contributed by atoms with van der Waals surface area (Å²) < 4.78 is 0. The number of rotatable bonds is 1. The highest BCUT2D eigenvalue weighted by Gasteiger charge is 2.35. The van der Waals surface area contributed by atoms with Crippen molar-refractivity contribution < 1.29 is 4.79 Å². The van der Waals surface area contributed by atoms with E-state index in [1.165, 1.54) is 6.20 Å². The Bertz CT molecular complexity index is 440. The van der Waals surface area contributed by atoms with Gasteiger partial charge in [0.05, 0.1) is 11.5 Å². The molecule has 0 saturated heterocycles. The summed E-state index contributed by atoms with van der Waals surface area (Å²) >= 11 is 0. The van der Waals surface area contributed by atoms with Gasteiger partial charge in [-0.05, 0) is 18.1 Å². The number of nitrogens with zero attached hydrogens (tertiary/aromatic N) is 1. The van der Waals surface area contributed by atoms with Crippen molar-refractivity contribution in [2.75, 3.05) is 0 Å². The first kappa shape index (κ1) is 7.81. The van der Waals surface area contributed by atoms with Crippen LogP contribution in [0.5, 0.6) is 0 Å². The van der Waals surface area contributed by atoms with Crippen molar-refractivity contribution in [3.8, 4) is 11.8 Å². The fourth-order valence-electron chi connectivity index (χ4n) is 1.45. The van der Waals surface area contributed by atoms with Crippen molar-refractivity contribution >= 4 is 5.91 Å². The molecular weight excluding hydrogens is 164 g/mol. The number of fused-ring (bicyclic) bond motifs is 1. The lowest BCUT2D eigenvalue weighted by Gasteiger charge is -1.89. The molecule has 3 heteroatoms. The Kier molecular flexibility index (Phi) is 1.56. The van der Waals surface area contributed by atoms with Crippen LogP contribution in [-0.4, -0.2) is 10.9 Å². The fraction of sp³-hybridized carbons (Fsp3) is 0.200. The molecule has 64 valence electrons. The molecule has 0 bridgehead atoms. The van der Waals surface area contributed by atoms with Gasteiger partial charge in [-0.15, -0.1) is 5.92 Å². The third-order valence-electron chi connectivity index (χ3n) is 2.09. The molecule has 0 aliphatic heterocycles. The van der Waals surface area contributed by atoms with Gasteiger partial charge in [0.25, 0.3) is 5.91 Å². The predicted molar refractivity (Wildman–Crippen MR) is 48.0 cm³/mol. The highest BCUT2D eigenvalue weighted by Crippen LogP contribution is 2.44. The van der Waals surface area contributed by atoms with Crippen LogP contribution in [0.1, 0.15) is 34.3 Å². The minimum Gasteiger partial charge on any atom is -0.366 e. The van der Waals surface area contributed by atoms with Gasteiger partial charge in [-0.1, -0.05) is 5.92 Å². The monoisotopic (exact) mass is 172 g/mol. The second-order valence-corrected chi connectivity index (χ2v) is 2.88. The Morgan fingerprint density at radius 2 is 2.38 bits per heavy atom. The Balaban J connectivity index is 2.45. The standard InChI is InChI=1S/C10H8N2O/c1-2-3-6-7-4-12-5-8(9(6)7)10(11)13/h4-6H,1H3,(H2,11,13). The van der Waals surface area contributed by atoms with E-state index in [1.807, 2.05) is 0 Å². The molecule has 2 N–H and O–H groups in total. The summed E-state index contributed by atoms with van der Waals surface area (Å²) in [5.74, 6) is 5.46. The highest BCUT2D eigenvalue weighted by atomic mass is 16.1. The maximum Gasteiger partial charge on any atom is 0.250 e. The number of amides is 1. The summed E-state index contributed by atoms with van der Waals surface area (Å²) in [6, 6.07) is 0. The number of pyridine rings is 1. The lowest BCUT2D eigenvalue weighted by Crippen LogP contribution is -2.11. The molecule has 1 aliphatic carbocycles. The van der Waals surface area contributed by atoms with Crippen molar-refractivity contribution in [1.29, 1.82) is 0 Å². The van der Waals surface area contributed by atoms with Crippen molar-refractivity contribution in [2.45, 2.75) is 12.8 Å². The Hall–Kier alpha value is -1.82. The van der Waals surface area contributed by atoms with Gasteiger partial charge >= 0.3 is 0 Å². The second-order valence-electron chi connectivity index (χ2n) is 2.88. The van der Waals surface area contributed by atoms with Gasteiger partial charge in [-0.3, -0.25) is 9.78 Å². The Labute approximate surface area is 76.0 Å². The number of primary amides is 1. The largest absolute Gasteiger partial charge is 0.366 e. The van der Waals surface area contributed by atoms with Crippen molar-refractivity contribution in [1.82, 2.24) is 4.98 Å². The zero-order chi connectivity index (χ0) is 9.42. The van der Waals surface area contributed by atoms with Crippen LogP contribution in [0.3, 0.4) is 0 Å². The van der Waals surface area contributed by atoms with Gasteiger partial charge in [-0.2, -0.15) is 0 Å². The SMILES string of the molecule is CC#CC1c2cncc(C(N)=O)c21. The van der Waals surface area contributed by atoms with Crippen LogP contribution in [0, 0.1) is 11.8 Å². The summed E-state index contributed by atoms with van der Waals surface area (Å²) in [4.78, 5) is 14.9. The summed E-state index contributed by atoms with van der Waals surface area (Å²) in [6.45, 7) is 1.77. The minimum absolute atomic E-state index is 0.0926. The fourth-order valence-corrected chi connectivity index (χ4v) is 1.45. The van der Waals surface area contributed by atoms with Crippen molar-refractivity contribution in [3.05, 3.63) is 29.1 Å². The zero-order valence-corrected chi connectivity index (χ0v) is 7.16. The maximum absolute atomic E-state index is 10.9. The molecule has 2 rings (SSSR count). The quantitative estimate of drug-likeness (QED) is 0.632. The molecule has 1 atom stereocenters. The molecule has 1 aromatic heterocycles. The number of carbonyl (C=O) groups excluding carboxylic acids is 1. The van der Waals surface area contributed by atoms with E-state index in [4.69, 9.17) is 5.73 Å². The molecule has 0 radical (unpaired) electrons. The molecule has 0 aromatic carbocycles. The van der Waals surface area contributed by atoms with Crippen LogP contribution >= 0.6 is 0 Å². The summed E-state index contributed by atoms with van der Waals surface area (Å²) in [5.41, 5.74) is 7.67. The predicted octanol–water partition coefficient (Wildman–Crippen LogP) is 0.649. The molecule has 0 fully saturated rings. The lowest BCUT2D eigenvalue weighted by molar-refractivity contribution is 0.1000. The molecule has 1 amide bonds. The van der Waals surface area contributed by atoms with Crippen molar-refractivity contribution in [2.24, 2.45) is 5.73 Å². The average Bonchev–Trinajstić information content (AvgIpc) is 2.79. The van der Waals surface area contributed by atoms with Gasteiger partial charge < -0.3 is 5.73 Å². The number of nitrogens with two attached hydrogens (primary N) is 1. The van der Waals surface area contributed by atoms with Gasteiger partial charge in [0.15, 0.2) is 0 Å². The van der Waals surface area contributed by atoms with Crippen LogP contribution in [0.4, 0.5) is 0 Å². The maximum atomic E-state index is 10.9. The molecule has 13 heavy (non-hydrogen) atoms. The van der Waals surface area contributed by atoms with Gasteiger partial charge in [0.2, 0.25) is 0 Å². The normalized spacial score (nSPS) is 16.8. The topological polar surface area (TPSA) is 56.0 Å². The first-order valence-electron chi connectivity index (χ1n) is 3.95. The van der Waals surface area contributed by atoms with E-state index in [0.29, 0.717) is 5.56 Å². The average molecular weight is 172 g/mol. The summed E-state index contributed by atoms with van der Waals surface area (Å²) in [7, 11) is 0. The number of carbonyl (C=O) groups is 1. The van der Waals surface area contributed by atoms with E-state index in [2.05, 4.69) is 16.8 Å². The van der Waals surface area contributed by atoms with Crippen LogP contribution in [0.25, 0.3) is 0 Å². The first-order valence-corrected chi connectivity index (χ1v) is 3.95. The van der Waals surface area contributed by atoms with Crippen LogP contribution < -0.4 is 5.73 Å². The molecule has 1 aromatic rings. The zero-order valence-electron chi connectivity index (χ0n) is 7.16.